The van der Waals surface area contributed by atoms with Crippen LogP contribution in [0.1, 0.15) is 34.1 Å². The minimum Gasteiger partial charge on any atom is -0.228 e. The van der Waals surface area contributed by atoms with Gasteiger partial charge in [0.15, 0.2) is 9.84 Å². The van der Waals surface area contributed by atoms with E-state index >= 15 is 0 Å². The van der Waals surface area contributed by atoms with E-state index < -0.39 is 24.6 Å². The number of sulfonamides is 1. The standard InChI is InChI=1S/C11H23NO4S2/c1-5-10(2)8-18(15,16)12-6-7-17(13,14)11(3,4)9-12/h10H,5-9H2,1-4H3. The summed E-state index contributed by atoms with van der Waals surface area (Å²) in [6, 6.07) is 0. The lowest BCUT2D eigenvalue weighted by Crippen LogP contribution is -2.55. The first-order valence-electron chi connectivity index (χ1n) is 6.22. The zero-order chi connectivity index (χ0) is 14.2. The van der Waals surface area contributed by atoms with Gasteiger partial charge in [-0.1, -0.05) is 20.3 Å². The molecule has 108 valence electrons. The molecule has 1 atom stereocenters. The predicted octanol–water partition coefficient (Wildman–Crippen LogP) is 0.871. The molecule has 1 aliphatic heterocycles. The fourth-order valence-corrected chi connectivity index (χ4v) is 5.54. The fraction of sp³-hybridized carbons (Fsp3) is 1.00. The van der Waals surface area contributed by atoms with Crippen molar-refractivity contribution in [3.8, 4) is 0 Å². The Balaban J connectivity index is 2.88. The molecule has 7 heteroatoms. The van der Waals surface area contributed by atoms with Gasteiger partial charge in [-0.25, -0.2) is 16.8 Å². The summed E-state index contributed by atoms with van der Waals surface area (Å²) in [4.78, 5) is 0. The zero-order valence-electron chi connectivity index (χ0n) is 11.5. The van der Waals surface area contributed by atoms with Crippen molar-refractivity contribution in [1.29, 1.82) is 0 Å². The number of hydrogen-bond donors (Lipinski definition) is 0. The maximum Gasteiger partial charge on any atom is 0.214 e. The molecule has 0 spiro atoms. The molecular weight excluding hydrogens is 274 g/mol. The molecule has 1 unspecified atom stereocenters. The SMILES string of the molecule is CCC(C)CS(=O)(=O)N1CCS(=O)(=O)C(C)(C)C1. The third-order valence-corrected chi connectivity index (χ3v) is 8.22. The molecule has 0 aromatic rings. The van der Waals surface area contributed by atoms with Gasteiger partial charge in [0, 0.05) is 13.1 Å². The molecule has 0 saturated carbocycles. The second-order valence-electron chi connectivity index (χ2n) is 5.70. The van der Waals surface area contributed by atoms with Crippen LogP contribution in [0, 0.1) is 5.92 Å². The fourth-order valence-electron chi connectivity index (χ4n) is 1.92. The summed E-state index contributed by atoms with van der Waals surface area (Å²) in [6.45, 7) is 7.17. The second kappa shape index (κ2) is 5.09. The molecule has 1 aliphatic rings. The van der Waals surface area contributed by atoms with Crippen molar-refractivity contribution in [2.75, 3.05) is 24.6 Å². The summed E-state index contributed by atoms with van der Waals surface area (Å²) < 4.78 is 48.4. The molecule has 1 fully saturated rings. The molecule has 1 saturated heterocycles. The Labute approximate surface area is 111 Å². The van der Waals surface area contributed by atoms with Gasteiger partial charge < -0.3 is 0 Å². The van der Waals surface area contributed by atoms with Crippen molar-refractivity contribution >= 4 is 19.9 Å². The van der Waals surface area contributed by atoms with Crippen molar-refractivity contribution in [3.05, 3.63) is 0 Å². The highest BCUT2D eigenvalue weighted by Gasteiger charge is 2.43. The van der Waals surface area contributed by atoms with Crippen molar-refractivity contribution in [2.24, 2.45) is 5.92 Å². The van der Waals surface area contributed by atoms with Crippen LogP contribution in [0.5, 0.6) is 0 Å². The Morgan fingerprint density at radius 2 is 1.89 bits per heavy atom. The van der Waals surface area contributed by atoms with E-state index in [1.54, 1.807) is 13.8 Å². The van der Waals surface area contributed by atoms with E-state index in [0.717, 1.165) is 6.42 Å². The van der Waals surface area contributed by atoms with Gasteiger partial charge in [0.1, 0.15) is 0 Å². The van der Waals surface area contributed by atoms with Gasteiger partial charge in [-0.05, 0) is 19.8 Å². The van der Waals surface area contributed by atoms with Gasteiger partial charge in [0.2, 0.25) is 10.0 Å². The smallest absolute Gasteiger partial charge is 0.214 e. The van der Waals surface area contributed by atoms with E-state index in [4.69, 9.17) is 0 Å². The first-order valence-corrected chi connectivity index (χ1v) is 9.48. The minimum atomic E-state index is -3.35. The maximum atomic E-state index is 12.2. The molecular formula is C11H23NO4S2. The highest BCUT2D eigenvalue weighted by Crippen LogP contribution is 2.26. The monoisotopic (exact) mass is 297 g/mol. The van der Waals surface area contributed by atoms with Crippen molar-refractivity contribution in [3.63, 3.8) is 0 Å². The van der Waals surface area contributed by atoms with Crippen LogP contribution in [0.4, 0.5) is 0 Å². The van der Waals surface area contributed by atoms with Crippen LogP contribution in [0.25, 0.3) is 0 Å². The largest absolute Gasteiger partial charge is 0.228 e. The summed E-state index contributed by atoms with van der Waals surface area (Å²) in [5, 5.41) is 0. The van der Waals surface area contributed by atoms with Crippen molar-refractivity contribution < 1.29 is 16.8 Å². The van der Waals surface area contributed by atoms with Crippen LogP contribution >= 0.6 is 0 Å². The highest BCUT2D eigenvalue weighted by molar-refractivity contribution is 7.93. The number of rotatable bonds is 4. The molecule has 0 aromatic carbocycles. The lowest BCUT2D eigenvalue weighted by atomic mass is 10.2. The van der Waals surface area contributed by atoms with Crippen LogP contribution in [-0.2, 0) is 19.9 Å². The quantitative estimate of drug-likeness (QED) is 0.772. The lowest BCUT2D eigenvalue weighted by molar-refractivity contribution is 0.363. The maximum absolute atomic E-state index is 12.2. The second-order valence-corrected chi connectivity index (χ2v) is 10.5. The summed E-state index contributed by atoms with van der Waals surface area (Å²) in [5.74, 6) is 0.107. The molecule has 0 N–H and O–H groups in total. The van der Waals surface area contributed by atoms with E-state index in [-0.39, 0.29) is 30.5 Å². The van der Waals surface area contributed by atoms with Crippen LogP contribution in [0.15, 0.2) is 0 Å². The molecule has 0 aromatic heterocycles. The van der Waals surface area contributed by atoms with E-state index in [0.29, 0.717) is 0 Å². The van der Waals surface area contributed by atoms with Gasteiger partial charge in [-0.15, -0.1) is 0 Å². The Bertz CT molecular complexity index is 493. The number of hydrogen-bond acceptors (Lipinski definition) is 4. The average molecular weight is 297 g/mol. The van der Waals surface area contributed by atoms with Crippen LogP contribution in [0.2, 0.25) is 0 Å². The predicted molar refractivity (Wildman–Crippen MR) is 72.7 cm³/mol. The Morgan fingerprint density at radius 1 is 1.33 bits per heavy atom. The lowest BCUT2D eigenvalue weighted by Gasteiger charge is -2.37. The highest BCUT2D eigenvalue weighted by atomic mass is 32.2. The third-order valence-electron chi connectivity index (χ3n) is 3.59. The van der Waals surface area contributed by atoms with Crippen LogP contribution in [0.3, 0.4) is 0 Å². The number of sulfone groups is 1. The third kappa shape index (κ3) is 3.24. The normalized spacial score (nSPS) is 25.8. The summed E-state index contributed by atoms with van der Waals surface area (Å²) in [6.07, 6.45) is 0.800. The van der Waals surface area contributed by atoms with Crippen molar-refractivity contribution in [1.82, 2.24) is 4.31 Å². The molecule has 1 rings (SSSR count). The number of nitrogens with zero attached hydrogens (tertiary/aromatic N) is 1. The van der Waals surface area contributed by atoms with Gasteiger partial charge >= 0.3 is 0 Å². The molecule has 0 amide bonds. The van der Waals surface area contributed by atoms with Crippen LogP contribution < -0.4 is 0 Å². The van der Waals surface area contributed by atoms with Gasteiger partial charge in [0.05, 0.1) is 16.3 Å². The molecule has 5 nitrogen and oxygen atoms in total. The summed E-state index contributed by atoms with van der Waals surface area (Å²) in [5.41, 5.74) is 0. The summed E-state index contributed by atoms with van der Waals surface area (Å²) in [7, 11) is -6.54. The van der Waals surface area contributed by atoms with Gasteiger partial charge in [0.25, 0.3) is 0 Å². The first-order chi connectivity index (χ1) is 8.02. The zero-order valence-corrected chi connectivity index (χ0v) is 13.1. The van der Waals surface area contributed by atoms with Gasteiger partial charge in [-0.3, -0.25) is 0 Å². The Kier molecular flexibility index (Phi) is 4.50. The molecule has 0 radical (unpaired) electrons. The van der Waals surface area contributed by atoms with Crippen molar-refractivity contribution in [2.45, 2.75) is 38.9 Å². The summed E-state index contributed by atoms with van der Waals surface area (Å²) >= 11 is 0. The van der Waals surface area contributed by atoms with Crippen LogP contribution in [-0.4, -0.2) is 50.5 Å². The topological polar surface area (TPSA) is 71.5 Å². The first kappa shape index (κ1) is 15.9. The van der Waals surface area contributed by atoms with E-state index in [2.05, 4.69) is 0 Å². The average Bonchev–Trinajstić information content (AvgIpc) is 2.21. The Morgan fingerprint density at radius 3 is 2.33 bits per heavy atom. The van der Waals surface area contributed by atoms with E-state index in [9.17, 15) is 16.8 Å². The molecule has 18 heavy (non-hydrogen) atoms. The minimum absolute atomic E-state index is 0.0636. The molecule has 0 bridgehead atoms. The van der Waals surface area contributed by atoms with Gasteiger partial charge in [-0.2, -0.15) is 4.31 Å². The van der Waals surface area contributed by atoms with E-state index in [1.165, 1.54) is 4.31 Å². The van der Waals surface area contributed by atoms with E-state index in [1.807, 2.05) is 13.8 Å². The Hall–Kier alpha value is -0.140. The molecule has 0 aliphatic carbocycles. The molecule has 1 heterocycles.